The second-order valence-corrected chi connectivity index (χ2v) is 2.58. The van der Waals surface area contributed by atoms with Gasteiger partial charge in [-0.25, -0.2) is 19.6 Å². The van der Waals surface area contributed by atoms with Crippen molar-refractivity contribution in [2.45, 2.75) is 13.1 Å². The van der Waals surface area contributed by atoms with Crippen molar-refractivity contribution in [2.24, 2.45) is 9.98 Å². The highest BCUT2D eigenvalue weighted by Crippen LogP contribution is 2.10. The van der Waals surface area contributed by atoms with Crippen molar-refractivity contribution in [1.82, 2.24) is 0 Å². The largest absolute Gasteiger partial charge is 0.235 e. The molecule has 0 aromatic heterocycles. The molecule has 0 radical (unpaired) electrons. The third kappa shape index (κ3) is 2.79. The van der Waals surface area contributed by atoms with E-state index in [0.29, 0.717) is 0 Å². The summed E-state index contributed by atoms with van der Waals surface area (Å²) in [6.45, 7) is 0.544. The van der Waals surface area contributed by atoms with Crippen LogP contribution in [0.25, 0.3) is 0 Å². The predicted octanol–water partition coefficient (Wildman–Crippen LogP) is 1.36. The highest BCUT2D eigenvalue weighted by atomic mass is 16.1. The van der Waals surface area contributed by atoms with Crippen LogP contribution in [0.3, 0.4) is 0 Å². The average Bonchev–Trinajstić information content (AvgIpc) is 2.24. The lowest BCUT2D eigenvalue weighted by molar-refractivity contribution is 0.561. The summed E-state index contributed by atoms with van der Waals surface area (Å²) in [4.78, 5) is 26.8. The Balaban J connectivity index is 2.89. The Morgan fingerprint density at radius 1 is 0.929 bits per heavy atom. The predicted molar refractivity (Wildman–Crippen MR) is 50.1 cm³/mol. The van der Waals surface area contributed by atoms with Crippen LogP contribution in [0, 0.1) is 0 Å². The van der Waals surface area contributed by atoms with E-state index in [1.807, 2.05) is 24.3 Å². The van der Waals surface area contributed by atoms with Gasteiger partial charge in [-0.05, 0) is 11.1 Å². The van der Waals surface area contributed by atoms with E-state index in [4.69, 9.17) is 0 Å². The summed E-state index contributed by atoms with van der Waals surface area (Å²) in [6, 6.07) is 7.33. The van der Waals surface area contributed by atoms with E-state index < -0.39 is 0 Å². The first-order valence-corrected chi connectivity index (χ1v) is 4.02. The topological polar surface area (TPSA) is 58.9 Å². The van der Waals surface area contributed by atoms with Crippen LogP contribution >= 0.6 is 0 Å². The van der Waals surface area contributed by atoms with E-state index in [1.54, 1.807) is 0 Å². The molecule has 0 atom stereocenters. The van der Waals surface area contributed by atoms with Crippen molar-refractivity contribution in [3.63, 3.8) is 0 Å². The van der Waals surface area contributed by atoms with Crippen LogP contribution in [0.5, 0.6) is 0 Å². The van der Waals surface area contributed by atoms with Crippen LogP contribution in [0.15, 0.2) is 34.3 Å². The van der Waals surface area contributed by atoms with Crippen LogP contribution in [0.2, 0.25) is 0 Å². The maximum Gasteiger partial charge on any atom is 0.235 e. The number of benzene rings is 1. The summed E-state index contributed by atoms with van der Waals surface area (Å²) >= 11 is 0. The number of carbonyl (C=O) groups excluding carboxylic acids is 2. The lowest BCUT2D eigenvalue weighted by atomic mass is 10.1. The van der Waals surface area contributed by atoms with Crippen LogP contribution < -0.4 is 0 Å². The maximum atomic E-state index is 9.93. The molecule has 0 saturated carbocycles. The van der Waals surface area contributed by atoms with Gasteiger partial charge in [0, 0.05) is 0 Å². The van der Waals surface area contributed by atoms with E-state index in [2.05, 4.69) is 9.98 Å². The molecule has 1 aromatic rings. The molecule has 14 heavy (non-hydrogen) atoms. The molecule has 0 saturated heterocycles. The standard InChI is InChI=1S/C10H8N2O2/c13-7-11-5-9-3-1-2-4-10(9)6-12-8-14/h1-4H,5-6H2. The first-order chi connectivity index (χ1) is 6.88. The average molecular weight is 188 g/mol. The molecule has 0 aliphatic rings. The molecule has 0 N–H and O–H groups in total. The number of isocyanates is 2. The third-order valence-electron chi connectivity index (χ3n) is 1.75. The van der Waals surface area contributed by atoms with E-state index >= 15 is 0 Å². The molecule has 4 nitrogen and oxygen atoms in total. The Labute approximate surface area is 81.0 Å². The summed E-state index contributed by atoms with van der Waals surface area (Å²) in [6.07, 6.45) is 2.93. The van der Waals surface area contributed by atoms with Gasteiger partial charge < -0.3 is 0 Å². The molecule has 0 spiro atoms. The highest BCUT2D eigenvalue weighted by molar-refractivity contribution is 5.37. The number of rotatable bonds is 4. The highest BCUT2D eigenvalue weighted by Gasteiger charge is 1.99. The smallest absolute Gasteiger partial charge is 0.211 e. The quantitative estimate of drug-likeness (QED) is 0.529. The Bertz CT molecular complexity index is 363. The fourth-order valence-electron chi connectivity index (χ4n) is 1.10. The summed E-state index contributed by atoms with van der Waals surface area (Å²) in [5.41, 5.74) is 1.74. The van der Waals surface area contributed by atoms with Crippen LogP contribution in [-0.4, -0.2) is 12.2 Å². The number of hydrogen-bond donors (Lipinski definition) is 0. The normalized spacial score (nSPS) is 8.57. The number of nitrogens with zero attached hydrogens (tertiary/aromatic N) is 2. The van der Waals surface area contributed by atoms with Gasteiger partial charge in [0.1, 0.15) is 0 Å². The van der Waals surface area contributed by atoms with Crippen molar-refractivity contribution >= 4 is 12.2 Å². The minimum absolute atomic E-state index is 0.272. The lowest BCUT2D eigenvalue weighted by Gasteiger charge is -2.01. The summed E-state index contributed by atoms with van der Waals surface area (Å²) in [7, 11) is 0. The molecule has 0 amide bonds. The minimum atomic E-state index is 0.272. The molecule has 0 aliphatic heterocycles. The Kier molecular flexibility index (Phi) is 4.02. The molecule has 0 bridgehead atoms. The van der Waals surface area contributed by atoms with Crippen molar-refractivity contribution < 1.29 is 9.59 Å². The SMILES string of the molecule is O=C=NCc1ccccc1CN=C=O. The zero-order chi connectivity index (χ0) is 10.2. The van der Waals surface area contributed by atoms with Gasteiger partial charge in [0.15, 0.2) is 0 Å². The van der Waals surface area contributed by atoms with Gasteiger partial charge >= 0.3 is 0 Å². The van der Waals surface area contributed by atoms with Gasteiger partial charge in [-0.1, -0.05) is 24.3 Å². The molecule has 0 unspecified atom stereocenters. The summed E-state index contributed by atoms with van der Waals surface area (Å²) in [5.74, 6) is 0. The second-order valence-electron chi connectivity index (χ2n) is 2.58. The minimum Gasteiger partial charge on any atom is -0.211 e. The van der Waals surface area contributed by atoms with Crippen molar-refractivity contribution in [1.29, 1.82) is 0 Å². The van der Waals surface area contributed by atoms with Crippen molar-refractivity contribution in [3.8, 4) is 0 Å². The lowest BCUT2D eigenvalue weighted by Crippen LogP contribution is -1.90. The van der Waals surface area contributed by atoms with Crippen LogP contribution in [0.1, 0.15) is 11.1 Å². The molecular weight excluding hydrogens is 180 g/mol. The van der Waals surface area contributed by atoms with Crippen molar-refractivity contribution in [2.75, 3.05) is 0 Å². The van der Waals surface area contributed by atoms with E-state index in [9.17, 15) is 9.59 Å². The molecule has 0 aliphatic carbocycles. The molecule has 70 valence electrons. The summed E-state index contributed by atoms with van der Waals surface area (Å²) < 4.78 is 0. The zero-order valence-corrected chi connectivity index (χ0v) is 7.43. The van der Waals surface area contributed by atoms with Gasteiger partial charge in [-0.3, -0.25) is 0 Å². The van der Waals surface area contributed by atoms with Gasteiger partial charge in [0.2, 0.25) is 12.2 Å². The van der Waals surface area contributed by atoms with Crippen LogP contribution in [-0.2, 0) is 22.7 Å². The monoisotopic (exact) mass is 188 g/mol. The fourth-order valence-corrected chi connectivity index (χ4v) is 1.10. The first-order valence-electron chi connectivity index (χ1n) is 4.02. The molecule has 0 fully saturated rings. The fraction of sp³-hybridized carbons (Fsp3) is 0.200. The third-order valence-corrected chi connectivity index (χ3v) is 1.75. The van der Waals surface area contributed by atoms with Gasteiger partial charge in [-0.2, -0.15) is 0 Å². The number of aliphatic imine (C=N–C) groups is 2. The van der Waals surface area contributed by atoms with Crippen LogP contribution in [0.4, 0.5) is 0 Å². The number of hydrogen-bond acceptors (Lipinski definition) is 4. The Morgan fingerprint density at radius 2 is 1.36 bits per heavy atom. The van der Waals surface area contributed by atoms with Gasteiger partial charge in [0.25, 0.3) is 0 Å². The molecule has 4 heteroatoms. The van der Waals surface area contributed by atoms with Gasteiger partial charge in [0.05, 0.1) is 13.1 Å². The zero-order valence-electron chi connectivity index (χ0n) is 7.43. The molecule has 1 aromatic carbocycles. The van der Waals surface area contributed by atoms with E-state index in [1.165, 1.54) is 12.2 Å². The summed E-state index contributed by atoms with van der Waals surface area (Å²) in [5, 5.41) is 0. The Hall–Kier alpha value is -2.02. The van der Waals surface area contributed by atoms with E-state index in [-0.39, 0.29) is 13.1 Å². The molecule has 1 rings (SSSR count). The molecular formula is C10H8N2O2. The first kappa shape index (κ1) is 10.1. The second kappa shape index (κ2) is 5.60. The van der Waals surface area contributed by atoms with Gasteiger partial charge in [-0.15, -0.1) is 0 Å². The molecule has 0 heterocycles. The van der Waals surface area contributed by atoms with E-state index in [0.717, 1.165) is 11.1 Å². The Morgan fingerprint density at radius 3 is 1.71 bits per heavy atom. The maximum absolute atomic E-state index is 9.93. The van der Waals surface area contributed by atoms with Crippen molar-refractivity contribution in [3.05, 3.63) is 35.4 Å².